The number of hydrogen-bond acceptors (Lipinski definition) is 3. The Morgan fingerprint density at radius 1 is 1.47 bits per heavy atom. The van der Waals surface area contributed by atoms with Crippen LogP contribution >= 0.6 is 0 Å². The number of nitrogens with zero attached hydrogens (tertiary/aromatic N) is 2. The highest BCUT2D eigenvalue weighted by molar-refractivity contribution is 5.80. The third-order valence-corrected chi connectivity index (χ3v) is 2.53. The Morgan fingerprint density at radius 2 is 2.32 bits per heavy atom. The second kappa shape index (κ2) is 5.99. The molecule has 5 nitrogen and oxygen atoms in total. The van der Waals surface area contributed by atoms with Crippen molar-refractivity contribution in [2.45, 2.75) is 6.54 Å². The Labute approximate surface area is 110 Å². The second-order valence-electron chi connectivity index (χ2n) is 4.16. The average molecular weight is 262 g/mol. The summed E-state index contributed by atoms with van der Waals surface area (Å²) < 4.78 is 14.6. The highest BCUT2D eigenvalue weighted by Crippen LogP contribution is 2.08. The molecule has 0 radical (unpaired) electrons. The first-order valence-electron chi connectivity index (χ1n) is 5.87. The lowest BCUT2D eigenvalue weighted by Gasteiger charge is -2.07. The van der Waals surface area contributed by atoms with Gasteiger partial charge in [-0.15, -0.1) is 0 Å². The third-order valence-electron chi connectivity index (χ3n) is 2.53. The second-order valence-corrected chi connectivity index (χ2v) is 4.16. The SMILES string of the molecule is Cn1cc(CNC(=O)CNc2cccc(F)c2)cn1. The molecule has 100 valence electrons. The molecule has 0 fully saturated rings. The summed E-state index contributed by atoms with van der Waals surface area (Å²) >= 11 is 0. The van der Waals surface area contributed by atoms with Crippen molar-refractivity contribution in [3.05, 3.63) is 48.0 Å². The van der Waals surface area contributed by atoms with Gasteiger partial charge in [0.25, 0.3) is 0 Å². The first-order chi connectivity index (χ1) is 9.13. The van der Waals surface area contributed by atoms with E-state index in [-0.39, 0.29) is 18.3 Å². The zero-order valence-corrected chi connectivity index (χ0v) is 10.6. The van der Waals surface area contributed by atoms with Gasteiger partial charge in [0, 0.05) is 31.0 Å². The molecule has 0 saturated carbocycles. The van der Waals surface area contributed by atoms with Crippen molar-refractivity contribution in [3.8, 4) is 0 Å². The Balaban J connectivity index is 1.75. The van der Waals surface area contributed by atoms with Gasteiger partial charge in [0.1, 0.15) is 5.82 Å². The van der Waals surface area contributed by atoms with Crippen LogP contribution in [0.25, 0.3) is 0 Å². The van der Waals surface area contributed by atoms with Gasteiger partial charge >= 0.3 is 0 Å². The molecule has 2 N–H and O–H groups in total. The zero-order chi connectivity index (χ0) is 13.7. The van der Waals surface area contributed by atoms with Crippen LogP contribution < -0.4 is 10.6 Å². The number of carbonyl (C=O) groups excluding carboxylic acids is 1. The molecule has 0 unspecified atom stereocenters. The molecule has 1 aromatic heterocycles. The number of carbonyl (C=O) groups is 1. The first kappa shape index (κ1) is 13.1. The van der Waals surface area contributed by atoms with Crippen molar-refractivity contribution < 1.29 is 9.18 Å². The Hall–Kier alpha value is -2.37. The number of nitrogens with one attached hydrogen (secondary N) is 2. The van der Waals surface area contributed by atoms with E-state index in [0.29, 0.717) is 12.2 Å². The fourth-order valence-electron chi connectivity index (χ4n) is 1.61. The normalized spacial score (nSPS) is 10.2. The van der Waals surface area contributed by atoms with Crippen molar-refractivity contribution in [2.75, 3.05) is 11.9 Å². The number of benzene rings is 1. The number of rotatable bonds is 5. The summed E-state index contributed by atoms with van der Waals surface area (Å²) in [5, 5.41) is 9.61. The molecule has 0 bridgehead atoms. The number of anilines is 1. The fourth-order valence-corrected chi connectivity index (χ4v) is 1.61. The van der Waals surface area contributed by atoms with Gasteiger partial charge in [-0.3, -0.25) is 9.48 Å². The Bertz CT molecular complexity index is 567. The predicted molar refractivity (Wildman–Crippen MR) is 69.9 cm³/mol. The fraction of sp³-hybridized carbons (Fsp3) is 0.231. The van der Waals surface area contributed by atoms with Crippen molar-refractivity contribution in [1.82, 2.24) is 15.1 Å². The predicted octanol–water partition coefficient (Wildman–Crippen LogP) is 1.29. The quantitative estimate of drug-likeness (QED) is 0.853. The number of aryl methyl sites for hydroxylation is 1. The summed E-state index contributed by atoms with van der Waals surface area (Å²) in [7, 11) is 1.82. The molecule has 2 aromatic rings. The maximum atomic E-state index is 12.9. The summed E-state index contributed by atoms with van der Waals surface area (Å²) in [6, 6.07) is 5.99. The first-order valence-corrected chi connectivity index (χ1v) is 5.87. The summed E-state index contributed by atoms with van der Waals surface area (Å²) in [5.41, 5.74) is 1.51. The summed E-state index contributed by atoms with van der Waals surface area (Å²) in [4.78, 5) is 11.6. The van der Waals surface area contributed by atoms with Gasteiger partial charge in [-0.1, -0.05) is 6.07 Å². The summed E-state index contributed by atoms with van der Waals surface area (Å²) in [5.74, 6) is -0.492. The van der Waals surface area contributed by atoms with Crippen LogP contribution in [0, 0.1) is 5.82 Å². The third kappa shape index (κ3) is 4.09. The molecule has 2 rings (SSSR count). The van der Waals surface area contributed by atoms with Crippen molar-refractivity contribution in [1.29, 1.82) is 0 Å². The molecule has 0 saturated heterocycles. The number of halogens is 1. The molecular weight excluding hydrogens is 247 g/mol. The van der Waals surface area contributed by atoms with Gasteiger partial charge in [0.15, 0.2) is 0 Å². The number of aromatic nitrogens is 2. The molecule has 0 aliphatic carbocycles. The minimum Gasteiger partial charge on any atom is -0.376 e. The highest BCUT2D eigenvalue weighted by Gasteiger charge is 2.03. The van der Waals surface area contributed by atoms with Crippen LogP contribution in [0.1, 0.15) is 5.56 Å². The van der Waals surface area contributed by atoms with Gasteiger partial charge in [-0.05, 0) is 18.2 Å². The molecule has 19 heavy (non-hydrogen) atoms. The average Bonchev–Trinajstić information content (AvgIpc) is 2.80. The molecule has 1 amide bonds. The molecular formula is C13H15FN4O. The lowest BCUT2D eigenvalue weighted by Crippen LogP contribution is -2.29. The standard InChI is InChI=1S/C13H15FN4O/c1-18-9-10(7-17-18)6-16-13(19)8-15-12-4-2-3-11(14)5-12/h2-5,7,9,15H,6,8H2,1H3,(H,16,19). The van der Waals surface area contributed by atoms with Crippen LogP contribution in [0.15, 0.2) is 36.7 Å². The zero-order valence-electron chi connectivity index (χ0n) is 10.6. The maximum absolute atomic E-state index is 12.9. The van der Waals surface area contributed by atoms with E-state index in [4.69, 9.17) is 0 Å². The summed E-state index contributed by atoms with van der Waals surface area (Å²) in [6.45, 7) is 0.529. The number of hydrogen-bond donors (Lipinski definition) is 2. The van der Waals surface area contributed by atoms with Crippen LogP contribution in [-0.4, -0.2) is 22.2 Å². The van der Waals surface area contributed by atoms with Crippen LogP contribution in [0.2, 0.25) is 0 Å². The van der Waals surface area contributed by atoms with E-state index in [1.165, 1.54) is 12.1 Å². The Morgan fingerprint density at radius 3 is 3.00 bits per heavy atom. The van der Waals surface area contributed by atoms with Gasteiger partial charge in [-0.2, -0.15) is 5.10 Å². The maximum Gasteiger partial charge on any atom is 0.239 e. The molecule has 0 spiro atoms. The molecule has 6 heteroatoms. The van der Waals surface area contributed by atoms with Gasteiger partial charge < -0.3 is 10.6 Å². The molecule has 1 heterocycles. The summed E-state index contributed by atoms with van der Waals surface area (Å²) in [6.07, 6.45) is 3.53. The molecule has 1 aromatic carbocycles. The van der Waals surface area contributed by atoms with Gasteiger partial charge in [-0.25, -0.2) is 4.39 Å². The van der Waals surface area contributed by atoms with Crippen molar-refractivity contribution in [3.63, 3.8) is 0 Å². The Kier molecular flexibility index (Phi) is 4.12. The van der Waals surface area contributed by atoms with Crippen LogP contribution in [-0.2, 0) is 18.4 Å². The van der Waals surface area contributed by atoms with E-state index in [0.717, 1.165) is 5.56 Å². The van der Waals surface area contributed by atoms with Crippen molar-refractivity contribution >= 4 is 11.6 Å². The number of amides is 1. The highest BCUT2D eigenvalue weighted by atomic mass is 19.1. The minimum absolute atomic E-state index is 0.101. The lowest BCUT2D eigenvalue weighted by atomic mass is 10.3. The van der Waals surface area contributed by atoms with Crippen molar-refractivity contribution in [2.24, 2.45) is 7.05 Å². The van der Waals surface area contributed by atoms with E-state index < -0.39 is 0 Å². The molecule has 0 atom stereocenters. The van der Waals surface area contributed by atoms with E-state index in [1.54, 1.807) is 23.0 Å². The van der Waals surface area contributed by atoms with Crippen LogP contribution in [0.5, 0.6) is 0 Å². The van der Waals surface area contributed by atoms with E-state index >= 15 is 0 Å². The molecule has 0 aliphatic heterocycles. The van der Waals surface area contributed by atoms with E-state index in [1.807, 2.05) is 13.2 Å². The van der Waals surface area contributed by atoms with Crippen LogP contribution in [0.4, 0.5) is 10.1 Å². The largest absolute Gasteiger partial charge is 0.376 e. The minimum atomic E-state index is -0.333. The monoisotopic (exact) mass is 262 g/mol. The van der Waals surface area contributed by atoms with E-state index in [2.05, 4.69) is 15.7 Å². The van der Waals surface area contributed by atoms with E-state index in [9.17, 15) is 9.18 Å². The van der Waals surface area contributed by atoms with Gasteiger partial charge in [0.05, 0.1) is 12.7 Å². The topological polar surface area (TPSA) is 59.0 Å². The van der Waals surface area contributed by atoms with Crippen LogP contribution in [0.3, 0.4) is 0 Å². The lowest BCUT2D eigenvalue weighted by molar-refractivity contribution is -0.119. The molecule has 0 aliphatic rings. The van der Waals surface area contributed by atoms with Gasteiger partial charge in [0.2, 0.25) is 5.91 Å². The smallest absolute Gasteiger partial charge is 0.239 e.